The predicted octanol–water partition coefficient (Wildman–Crippen LogP) is 1.18. The summed E-state index contributed by atoms with van der Waals surface area (Å²) < 4.78 is 0. The predicted molar refractivity (Wildman–Crippen MR) is 86.5 cm³/mol. The van der Waals surface area contributed by atoms with E-state index in [1.165, 1.54) is 12.1 Å². The molecule has 0 aliphatic carbocycles. The molecule has 0 saturated heterocycles. The molecular formula is C16H16N4O3. The van der Waals surface area contributed by atoms with Crippen molar-refractivity contribution in [2.75, 3.05) is 10.6 Å². The summed E-state index contributed by atoms with van der Waals surface area (Å²) in [7, 11) is 0. The zero-order valence-corrected chi connectivity index (χ0v) is 12.4. The zero-order chi connectivity index (χ0) is 16.8. The van der Waals surface area contributed by atoms with Gasteiger partial charge in [0, 0.05) is 5.69 Å². The van der Waals surface area contributed by atoms with Crippen LogP contribution < -0.4 is 21.9 Å². The average Bonchev–Trinajstić information content (AvgIpc) is 2.56. The second-order valence-electron chi connectivity index (χ2n) is 4.79. The van der Waals surface area contributed by atoms with Gasteiger partial charge in [0.05, 0.1) is 11.3 Å². The molecule has 2 rings (SSSR count). The number of nitrogen functional groups attached to an aromatic ring is 1. The summed E-state index contributed by atoms with van der Waals surface area (Å²) in [5, 5.41) is 4.87. The number of para-hydroxylation sites is 1. The second-order valence-corrected chi connectivity index (χ2v) is 4.79. The largest absolute Gasteiger partial charge is 0.318 e. The Hall–Kier alpha value is -3.19. The van der Waals surface area contributed by atoms with Gasteiger partial charge < -0.3 is 10.6 Å². The lowest BCUT2D eigenvalue weighted by molar-refractivity contribution is -0.133. The summed E-state index contributed by atoms with van der Waals surface area (Å²) >= 11 is 0. The van der Waals surface area contributed by atoms with Crippen LogP contribution in [-0.4, -0.2) is 17.7 Å². The van der Waals surface area contributed by atoms with E-state index in [1.54, 1.807) is 24.3 Å². The van der Waals surface area contributed by atoms with Gasteiger partial charge in [-0.05, 0) is 31.2 Å². The van der Waals surface area contributed by atoms with Crippen molar-refractivity contribution in [3.63, 3.8) is 0 Å². The highest BCUT2D eigenvalue weighted by Gasteiger charge is 2.17. The van der Waals surface area contributed by atoms with E-state index in [0.29, 0.717) is 5.69 Å². The molecule has 0 aliphatic rings. The SMILES string of the molecule is Cc1ccc(NC(=O)C(=O)Nc2ccccc2C(=O)NN)cc1. The molecule has 0 fully saturated rings. The lowest BCUT2D eigenvalue weighted by atomic mass is 10.1. The normalized spacial score (nSPS) is 9.83. The molecule has 0 bridgehead atoms. The number of nitrogens with one attached hydrogen (secondary N) is 3. The molecular weight excluding hydrogens is 296 g/mol. The molecule has 0 aromatic heterocycles. The summed E-state index contributed by atoms with van der Waals surface area (Å²) in [4.78, 5) is 35.5. The van der Waals surface area contributed by atoms with Gasteiger partial charge in [-0.1, -0.05) is 29.8 Å². The number of aryl methyl sites for hydroxylation is 1. The quantitative estimate of drug-likeness (QED) is 0.295. The van der Waals surface area contributed by atoms with E-state index in [9.17, 15) is 14.4 Å². The molecule has 118 valence electrons. The van der Waals surface area contributed by atoms with Crippen LogP contribution in [0.25, 0.3) is 0 Å². The van der Waals surface area contributed by atoms with Crippen LogP contribution in [0.5, 0.6) is 0 Å². The van der Waals surface area contributed by atoms with Crippen molar-refractivity contribution in [3.05, 3.63) is 59.7 Å². The molecule has 0 radical (unpaired) electrons. The van der Waals surface area contributed by atoms with E-state index < -0.39 is 17.7 Å². The van der Waals surface area contributed by atoms with Crippen LogP contribution in [0.2, 0.25) is 0 Å². The topological polar surface area (TPSA) is 113 Å². The highest BCUT2D eigenvalue weighted by Crippen LogP contribution is 2.15. The van der Waals surface area contributed by atoms with Crippen LogP contribution in [0.4, 0.5) is 11.4 Å². The number of amides is 3. The van der Waals surface area contributed by atoms with E-state index in [4.69, 9.17) is 5.84 Å². The van der Waals surface area contributed by atoms with Gasteiger partial charge in [-0.15, -0.1) is 0 Å². The number of hydrogen-bond acceptors (Lipinski definition) is 4. The van der Waals surface area contributed by atoms with Crippen molar-refractivity contribution in [1.82, 2.24) is 5.43 Å². The number of hydrazine groups is 1. The highest BCUT2D eigenvalue weighted by molar-refractivity contribution is 6.44. The molecule has 7 nitrogen and oxygen atoms in total. The Kier molecular flexibility index (Phi) is 5.06. The van der Waals surface area contributed by atoms with E-state index in [0.717, 1.165) is 5.56 Å². The number of carbonyl (C=O) groups is 3. The van der Waals surface area contributed by atoms with Crippen molar-refractivity contribution >= 4 is 29.1 Å². The van der Waals surface area contributed by atoms with Crippen molar-refractivity contribution in [2.24, 2.45) is 5.84 Å². The maximum Gasteiger partial charge on any atom is 0.314 e. The van der Waals surface area contributed by atoms with Gasteiger partial charge in [-0.2, -0.15) is 0 Å². The first kappa shape index (κ1) is 16.2. The molecule has 0 heterocycles. The molecule has 0 aliphatic heterocycles. The molecule has 2 aromatic rings. The summed E-state index contributed by atoms with van der Waals surface area (Å²) in [6, 6.07) is 13.2. The standard InChI is InChI=1S/C16H16N4O3/c1-10-6-8-11(9-7-10)18-15(22)16(23)19-13-5-3-2-4-12(13)14(21)20-17/h2-9H,17H2,1H3,(H,18,22)(H,19,23)(H,20,21). The molecule has 5 N–H and O–H groups in total. The van der Waals surface area contributed by atoms with Gasteiger partial charge in [-0.25, -0.2) is 5.84 Å². The molecule has 0 atom stereocenters. The Balaban J connectivity index is 2.08. The van der Waals surface area contributed by atoms with Crippen LogP contribution in [-0.2, 0) is 9.59 Å². The van der Waals surface area contributed by atoms with Crippen molar-refractivity contribution in [1.29, 1.82) is 0 Å². The van der Waals surface area contributed by atoms with Gasteiger partial charge >= 0.3 is 11.8 Å². The van der Waals surface area contributed by atoms with E-state index in [1.807, 2.05) is 24.5 Å². The molecule has 0 saturated carbocycles. The molecule has 0 spiro atoms. The number of benzene rings is 2. The van der Waals surface area contributed by atoms with E-state index in [2.05, 4.69) is 10.6 Å². The van der Waals surface area contributed by atoms with Gasteiger partial charge in [0.1, 0.15) is 0 Å². The first-order chi connectivity index (χ1) is 11.0. The van der Waals surface area contributed by atoms with E-state index in [-0.39, 0.29) is 11.3 Å². The number of nitrogens with two attached hydrogens (primary N) is 1. The number of rotatable bonds is 3. The minimum absolute atomic E-state index is 0.159. The van der Waals surface area contributed by atoms with Crippen LogP contribution in [0.15, 0.2) is 48.5 Å². The lowest BCUT2D eigenvalue weighted by Gasteiger charge is -2.10. The Morgan fingerprint density at radius 2 is 1.48 bits per heavy atom. The Labute approximate surface area is 132 Å². The fourth-order valence-electron chi connectivity index (χ4n) is 1.87. The second kappa shape index (κ2) is 7.19. The summed E-state index contributed by atoms with van der Waals surface area (Å²) in [5.41, 5.74) is 3.87. The molecule has 7 heteroatoms. The van der Waals surface area contributed by atoms with Gasteiger partial charge in [0.2, 0.25) is 0 Å². The molecule has 3 amide bonds. The third-order valence-corrected chi connectivity index (χ3v) is 3.07. The minimum atomic E-state index is -0.886. The smallest absolute Gasteiger partial charge is 0.314 e. The first-order valence-corrected chi connectivity index (χ1v) is 6.80. The van der Waals surface area contributed by atoms with Crippen molar-refractivity contribution < 1.29 is 14.4 Å². The fraction of sp³-hybridized carbons (Fsp3) is 0.0625. The Morgan fingerprint density at radius 1 is 0.870 bits per heavy atom. The number of hydrogen-bond donors (Lipinski definition) is 4. The van der Waals surface area contributed by atoms with Crippen LogP contribution in [0.3, 0.4) is 0 Å². The lowest BCUT2D eigenvalue weighted by Crippen LogP contribution is -2.33. The maximum atomic E-state index is 12.0. The van der Waals surface area contributed by atoms with Gasteiger partial charge in [0.15, 0.2) is 0 Å². The first-order valence-electron chi connectivity index (χ1n) is 6.80. The molecule has 0 unspecified atom stereocenters. The summed E-state index contributed by atoms with van der Waals surface area (Å²) in [6.45, 7) is 1.91. The Bertz CT molecular complexity index is 741. The minimum Gasteiger partial charge on any atom is -0.318 e. The maximum absolute atomic E-state index is 12.0. The van der Waals surface area contributed by atoms with Crippen LogP contribution >= 0.6 is 0 Å². The third kappa shape index (κ3) is 4.14. The van der Waals surface area contributed by atoms with Crippen molar-refractivity contribution in [2.45, 2.75) is 6.92 Å². The summed E-state index contributed by atoms with van der Waals surface area (Å²) in [5.74, 6) is 2.79. The Morgan fingerprint density at radius 3 is 2.13 bits per heavy atom. The molecule has 2 aromatic carbocycles. The van der Waals surface area contributed by atoms with E-state index >= 15 is 0 Å². The third-order valence-electron chi connectivity index (χ3n) is 3.07. The number of anilines is 2. The van der Waals surface area contributed by atoms with Gasteiger partial charge in [-0.3, -0.25) is 19.8 Å². The highest BCUT2D eigenvalue weighted by atomic mass is 16.2. The molecule has 23 heavy (non-hydrogen) atoms. The monoisotopic (exact) mass is 312 g/mol. The zero-order valence-electron chi connectivity index (χ0n) is 12.4. The summed E-state index contributed by atoms with van der Waals surface area (Å²) in [6.07, 6.45) is 0. The average molecular weight is 312 g/mol. The van der Waals surface area contributed by atoms with Crippen molar-refractivity contribution in [3.8, 4) is 0 Å². The fourth-order valence-corrected chi connectivity index (χ4v) is 1.87. The van der Waals surface area contributed by atoms with Crippen LogP contribution in [0, 0.1) is 6.92 Å². The van der Waals surface area contributed by atoms with Gasteiger partial charge in [0.25, 0.3) is 5.91 Å². The van der Waals surface area contributed by atoms with Crippen LogP contribution in [0.1, 0.15) is 15.9 Å². The number of carbonyl (C=O) groups excluding carboxylic acids is 3.